The largest absolute Gasteiger partial charge is 0.481 e. The summed E-state index contributed by atoms with van der Waals surface area (Å²) in [6.07, 6.45) is 0.877. The van der Waals surface area contributed by atoms with Crippen molar-refractivity contribution in [3.8, 4) is 0 Å². The van der Waals surface area contributed by atoms with E-state index in [0.717, 1.165) is 0 Å². The van der Waals surface area contributed by atoms with E-state index in [9.17, 15) is 18.0 Å². The van der Waals surface area contributed by atoms with Gasteiger partial charge in [-0.05, 0) is 45.9 Å². The fourth-order valence-corrected chi connectivity index (χ4v) is 3.93. The van der Waals surface area contributed by atoms with E-state index in [2.05, 4.69) is 10.0 Å². The first kappa shape index (κ1) is 20.7. The summed E-state index contributed by atoms with van der Waals surface area (Å²) in [5, 5.41) is 11.5. The molecule has 0 aliphatic rings. The predicted molar refractivity (Wildman–Crippen MR) is 99.3 cm³/mol. The van der Waals surface area contributed by atoms with Crippen molar-refractivity contribution in [3.63, 3.8) is 0 Å². The van der Waals surface area contributed by atoms with Gasteiger partial charge < -0.3 is 14.8 Å². The minimum Gasteiger partial charge on any atom is -0.481 e. The lowest BCUT2D eigenvalue weighted by Crippen LogP contribution is -2.40. The van der Waals surface area contributed by atoms with Crippen LogP contribution in [-0.2, 0) is 21.2 Å². The molecule has 0 spiro atoms. The number of carboxylic acids is 1. The highest BCUT2D eigenvalue weighted by Crippen LogP contribution is 2.21. The number of carbonyl (C=O) groups is 2. The van der Waals surface area contributed by atoms with Crippen LogP contribution in [0.1, 0.15) is 42.5 Å². The Morgan fingerprint density at radius 1 is 1.22 bits per heavy atom. The summed E-state index contributed by atoms with van der Waals surface area (Å²) in [6.45, 7) is 6.80. The van der Waals surface area contributed by atoms with Gasteiger partial charge in [0.15, 0.2) is 0 Å². The fourth-order valence-electron chi connectivity index (χ4n) is 2.47. The van der Waals surface area contributed by atoms with Crippen molar-refractivity contribution >= 4 is 27.6 Å². The molecule has 1 aromatic carbocycles. The maximum Gasteiger partial charge on any atom is 0.311 e. The van der Waals surface area contributed by atoms with Gasteiger partial charge in [-0.15, -0.1) is 0 Å². The summed E-state index contributed by atoms with van der Waals surface area (Å²) in [4.78, 5) is 23.5. The topological polar surface area (TPSA) is 126 Å². The van der Waals surface area contributed by atoms with Crippen molar-refractivity contribution in [2.24, 2.45) is 0 Å². The van der Waals surface area contributed by atoms with Gasteiger partial charge in [0.05, 0.1) is 16.7 Å². The summed E-state index contributed by atoms with van der Waals surface area (Å²) >= 11 is 0. The number of rotatable bonds is 6. The van der Waals surface area contributed by atoms with E-state index in [1.807, 2.05) is 0 Å². The zero-order valence-electron chi connectivity index (χ0n) is 15.5. The summed E-state index contributed by atoms with van der Waals surface area (Å²) in [7, 11) is -3.76. The lowest BCUT2D eigenvalue weighted by molar-refractivity contribution is -0.136. The normalized spacial score (nSPS) is 12.0. The molecule has 0 atom stereocenters. The zero-order valence-corrected chi connectivity index (χ0v) is 16.3. The Bertz CT molecular complexity index is 970. The molecule has 0 saturated heterocycles. The van der Waals surface area contributed by atoms with E-state index < -0.39 is 33.9 Å². The van der Waals surface area contributed by atoms with Crippen LogP contribution in [0.5, 0.6) is 0 Å². The molecular formula is C18H22N2O6S. The monoisotopic (exact) mass is 394 g/mol. The Balaban J connectivity index is 2.28. The maximum atomic E-state index is 12.6. The molecule has 1 aromatic heterocycles. The quantitative estimate of drug-likeness (QED) is 0.691. The van der Waals surface area contributed by atoms with Crippen LogP contribution in [0.4, 0.5) is 5.69 Å². The first-order chi connectivity index (χ1) is 12.4. The molecule has 0 bridgehead atoms. The molecule has 3 N–H and O–H groups in total. The second-order valence-electron chi connectivity index (χ2n) is 7.12. The summed E-state index contributed by atoms with van der Waals surface area (Å²) < 4.78 is 32.6. The van der Waals surface area contributed by atoms with Crippen LogP contribution in [0.25, 0.3) is 0 Å². The van der Waals surface area contributed by atoms with E-state index in [-0.39, 0.29) is 21.9 Å². The Morgan fingerprint density at radius 3 is 2.48 bits per heavy atom. The summed E-state index contributed by atoms with van der Waals surface area (Å²) in [5.41, 5.74) is 0.219. The van der Waals surface area contributed by atoms with Crippen LogP contribution in [0.2, 0.25) is 0 Å². The van der Waals surface area contributed by atoms with E-state index in [1.54, 1.807) is 33.8 Å². The molecular weight excluding hydrogens is 372 g/mol. The van der Waals surface area contributed by atoms with Gasteiger partial charge in [0, 0.05) is 16.8 Å². The molecule has 2 rings (SSSR count). The first-order valence-electron chi connectivity index (χ1n) is 8.13. The minimum absolute atomic E-state index is 0.00454. The minimum atomic E-state index is -3.76. The average Bonchev–Trinajstić information content (AvgIpc) is 2.85. The molecule has 0 unspecified atom stereocenters. The number of aliphatic carboxylic acids is 1. The van der Waals surface area contributed by atoms with Gasteiger partial charge >= 0.3 is 5.97 Å². The van der Waals surface area contributed by atoms with Gasteiger partial charge in [0.1, 0.15) is 12.2 Å². The molecule has 0 saturated carbocycles. The SMILES string of the molecule is Cc1coc(CC(=O)O)c1C(=O)Nc1cccc(S(=O)(=O)NC(C)(C)C)c1. The molecule has 27 heavy (non-hydrogen) atoms. The standard InChI is InChI=1S/C18H22N2O6S/c1-11-10-26-14(9-15(21)22)16(11)17(23)19-12-6-5-7-13(8-12)27(24,25)20-18(2,3)4/h5-8,10,20H,9H2,1-4H3,(H,19,23)(H,21,22). The van der Waals surface area contributed by atoms with E-state index in [4.69, 9.17) is 9.52 Å². The number of carbonyl (C=O) groups excluding carboxylic acids is 1. The second-order valence-corrected chi connectivity index (χ2v) is 8.81. The van der Waals surface area contributed by atoms with Crippen molar-refractivity contribution in [3.05, 3.63) is 47.4 Å². The number of benzene rings is 1. The van der Waals surface area contributed by atoms with Crippen LogP contribution < -0.4 is 10.0 Å². The molecule has 1 heterocycles. The van der Waals surface area contributed by atoms with Crippen LogP contribution in [-0.4, -0.2) is 30.9 Å². The lowest BCUT2D eigenvalue weighted by atomic mass is 10.1. The third-order valence-corrected chi connectivity index (χ3v) is 5.19. The van der Waals surface area contributed by atoms with Gasteiger partial charge in [-0.1, -0.05) is 6.07 Å². The van der Waals surface area contributed by atoms with E-state index >= 15 is 0 Å². The van der Waals surface area contributed by atoms with E-state index in [1.165, 1.54) is 24.5 Å². The highest BCUT2D eigenvalue weighted by atomic mass is 32.2. The summed E-state index contributed by atoms with van der Waals surface area (Å²) in [5.74, 6) is -1.66. The predicted octanol–water partition coefficient (Wildman–Crippen LogP) is 2.54. The number of sulfonamides is 1. The van der Waals surface area contributed by atoms with Gasteiger partial charge in [-0.25, -0.2) is 13.1 Å². The maximum absolute atomic E-state index is 12.6. The second kappa shape index (κ2) is 7.53. The van der Waals surface area contributed by atoms with Crippen LogP contribution in [0.3, 0.4) is 0 Å². The van der Waals surface area contributed by atoms with Crippen LogP contribution in [0.15, 0.2) is 39.8 Å². The van der Waals surface area contributed by atoms with E-state index in [0.29, 0.717) is 5.56 Å². The van der Waals surface area contributed by atoms with Gasteiger partial charge in [0.2, 0.25) is 10.0 Å². The number of nitrogens with one attached hydrogen (secondary N) is 2. The number of carboxylic acid groups (broad SMARTS) is 1. The van der Waals surface area contributed by atoms with Crippen molar-refractivity contribution in [1.29, 1.82) is 0 Å². The molecule has 0 radical (unpaired) electrons. The molecule has 8 nitrogen and oxygen atoms in total. The highest BCUT2D eigenvalue weighted by Gasteiger charge is 2.23. The zero-order chi connectivity index (χ0) is 20.4. The lowest BCUT2D eigenvalue weighted by Gasteiger charge is -2.20. The Hall–Kier alpha value is -2.65. The molecule has 0 aliphatic carbocycles. The van der Waals surface area contributed by atoms with Gasteiger partial charge in [-0.3, -0.25) is 9.59 Å². The molecule has 1 amide bonds. The number of aryl methyl sites for hydroxylation is 1. The third-order valence-electron chi connectivity index (χ3n) is 3.43. The average molecular weight is 394 g/mol. The van der Waals surface area contributed by atoms with Crippen molar-refractivity contribution in [2.75, 3.05) is 5.32 Å². The third kappa shape index (κ3) is 5.41. The highest BCUT2D eigenvalue weighted by molar-refractivity contribution is 7.89. The molecule has 146 valence electrons. The fraction of sp³-hybridized carbons (Fsp3) is 0.333. The first-order valence-corrected chi connectivity index (χ1v) is 9.61. The molecule has 0 aliphatic heterocycles. The van der Waals surface area contributed by atoms with Gasteiger partial charge in [-0.2, -0.15) is 0 Å². The number of amides is 1. The Labute approximate surface area is 157 Å². The smallest absolute Gasteiger partial charge is 0.311 e. The number of hydrogen-bond donors (Lipinski definition) is 3. The number of anilines is 1. The van der Waals surface area contributed by atoms with Crippen LogP contribution >= 0.6 is 0 Å². The van der Waals surface area contributed by atoms with Crippen LogP contribution in [0, 0.1) is 6.92 Å². The Morgan fingerprint density at radius 2 is 1.89 bits per heavy atom. The molecule has 9 heteroatoms. The number of hydrogen-bond acceptors (Lipinski definition) is 5. The molecule has 2 aromatic rings. The Kier molecular flexibility index (Phi) is 5.76. The summed E-state index contributed by atoms with van der Waals surface area (Å²) in [6, 6.07) is 5.80. The van der Waals surface area contributed by atoms with Crippen molar-refractivity contribution in [2.45, 2.75) is 44.6 Å². The van der Waals surface area contributed by atoms with Crippen molar-refractivity contribution < 1.29 is 27.5 Å². The number of furan rings is 1. The van der Waals surface area contributed by atoms with Crippen molar-refractivity contribution in [1.82, 2.24) is 4.72 Å². The van der Waals surface area contributed by atoms with Gasteiger partial charge in [0.25, 0.3) is 5.91 Å². The molecule has 0 fully saturated rings.